The quantitative estimate of drug-likeness (QED) is 0.758. The van der Waals surface area contributed by atoms with Crippen LogP contribution in [0.3, 0.4) is 0 Å². The zero-order valence-corrected chi connectivity index (χ0v) is 14.6. The fourth-order valence-corrected chi connectivity index (χ4v) is 3.24. The van der Waals surface area contributed by atoms with Crippen LogP contribution in [0.5, 0.6) is 5.75 Å². The van der Waals surface area contributed by atoms with Crippen molar-refractivity contribution in [2.45, 2.75) is 19.2 Å². The van der Waals surface area contributed by atoms with E-state index in [1.54, 1.807) is 12.1 Å². The lowest BCUT2D eigenvalue weighted by molar-refractivity contribution is -0.274. The van der Waals surface area contributed by atoms with Gasteiger partial charge in [-0.1, -0.05) is 30.3 Å². The molecule has 1 heterocycles. The summed E-state index contributed by atoms with van der Waals surface area (Å²) < 4.78 is 40.5. The highest BCUT2D eigenvalue weighted by atomic mass is 19.4. The summed E-state index contributed by atoms with van der Waals surface area (Å²) in [6.45, 7) is 4.77. The molecule has 1 fully saturated rings. The van der Waals surface area contributed by atoms with E-state index in [1.165, 1.54) is 17.7 Å². The third-order valence-electron chi connectivity index (χ3n) is 4.59. The van der Waals surface area contributed by atoms with Gasteiger partial charge in [0.1, 0.15) is 5.75 Å². The molecule has 3 rings (SSSR count). The second-order valence-corrected chi connectivity index (χ2v) is 6.46. The van der Waals surface area contributed by atoms with Gasteiger partial charge in [0.25, 0.3) is 0 Å². The van der Waals surface area contributed by atoms with Gasteiger partial charge in [0, 0.05) is 31.9 Å². The molecule has 1 aliphatic rings. The van der Waals surface area contributed by atoms with Gasteiger partial charge in [-0.05, 0) is 49.2 Å². The van der Waals surface area contributed by atoms with E-state index in [9.17, 15) is 13.2 Å². The Morgan fingerprint density at radius 1 is 0.846 bits per heavy atom. The topological polar surface area (TPSA) is 15.7 Å². The van der Waals surface area contributed by atoms with Crippen LogP contribution in [0.2, 0.25) is 0 Å². The number of ether oxygens (including phenoxy) is 1. The van der Waals surface area contributed by atoms with Crippen molar-refractivity contribution in [3.8, 4) is 5.75 Å². The number of nitrogens with zero attached hydrogens (tertiary/aromatic N) is 2. The molecule has 140 valence electrons. The fraction of sp³-hybridized carbons (Fsp3) is 0.400. The SMILES string of the molecule is FC(F)(F)Oc1ccc(N2CCN(CCCc3ccccc3)CC2)cc1. The summed E-state index contributed by atoms with van der Waals surface area (Å²) >= 11 is 0. The first-order valence-electron chi connectivity index (χ1n) is 8.87. The van der Waals surface area contributed by atoms with Crippen LogP contribution >= 0.6 is 0 Å². The third kappa shape index (κ3) is 5.66. The third-order valence-corrected chi connectivity index (χ3v) is 4.59. The summed E-state index contributed by atoms with van der Waals surface area (Å²) in [5.41, 5.74) is 2.30. The molecular formula is C20H23F3N2O. The molecule has 0 unspecified atom stereocenters. The number of piperazine rings is 1. The van der Waals surface area contributed by atoms with Gasteiger partial charge in [-0.25, -0.2) is 0 Å². The molecule has 2 aromatic rings. The number of rotatable bonds is 6. The monoisotopic (exact) mass is 364 g/mol. The molecule has 0 amide bonds. The summed E-state index contributed by atoms with van der Waals surface area (Å²) in [6, 6.07) is 16.6. The number of benzene rings is 2. The molecule has 6 heteroatoms. The van der Waals surface area contributed by atoms with E-state index >= 15 is 0 Å². The number of alkyl halides is 3. The Kier molecular flexibility index (Phi) is 6.04. The van der Waals surface area contributed by atoms with E-state index in [2.05, 4.69) is 38.8 Å². The minimum absolute atomic E-state index is 0.180. The number of anilines is 1. The van der Waals surface area contributed by atoms with E-state index in [1.807, 2.05) is 6.07 Å². The van der Waals surface area contributed by atoms with Crippen LogP contribution in [-0.2, 0) is 6.42 Å². The van der Waals surface area contributed by atoms with Gasteiger partial charge < -0.3 is 9.64 Å². The van der Waals surface area contributed by atoms with Gasteiger partial charge in [-0.15, -0.1) is 13.2 Å². The molecule has 0 N–H and O–H groups in total. The highest BCUT2D eigenvalue weighted by Gasteiger charge is 2.31. The second-order valence-electron chi connectivity index (χ2n) is 6.46. The van der Waals surface area contributed by atoms with Crippen molar-refractivity contribution >= 4 is 5.69 Å². The molecule has 0 bridgehead atoms. The molecule has 0 radical (unpaired) electrons. The van der Waals surface area contributed by atoms with Gasteiger partial charge in [0.05, 0.1) is 0 Å². The molecular weight excluding hydrogens is 341 g/mol. The molecule has 26 heavy (non-hydrogen) atoms. The van der Waals surface area contributed by atoms with E-state index in [0.29, 0.717) is 0 Å². The van der Waals surface area contributed by atoms with Crippen LogP contribution in [0.1, 0.15) is 12.0 Å². The largest absolute Gasteiger partial charge is 0.573 e. The maximum absolute atomic E-state index is 12.2. The lowest BCUT2D eigenvalue weighted by atomic mass is 10.1. The van der Waals surface area contributed by atoms with Gasteiger partial charge in [-0.2, -0.15) is 0 Å². The van der Waals surface area contributed by atoms with E-state index < -0.39 is 6.36 Å². The number of hydrogen-bond donors (Lipinski definition) is 0. The molecule has 2 aromatic carbocycles. The Bertz CT molecular complexity index is 666. The molecule has 0 saturated carbocycles. The molecule has 0 aromatic heterocycles. The zero-order valence-electron chi connectivity index (χ0n) is 14.6. The minimum Gasteiger partial charge on any atom is -0.406 e. The van der Waals surface area contributed by atoms with Crippen molar-refractivity contribution in [2.24, 2.45) is 0 Å². The van der Waals surface area contributed by atoms with Crippen molar-refractivity contribution < 1.29 is 17.9 Å². The Labute approximate surface area is 152 Å². The molecule has 0 spiro atoms. The first-order valence-corrected chi connectivity index (χ1v) is 8.87. The Morgan fingerprint density at radius 3 is 2.12 bits per heavy atom. The van der Waals surface area contributed by atoms with Crippen LogP contribution in [-0.4, -0.2) is 44.0 Å². The van der Waals surface area contributed by atoms with Crippen molar-refractivity contribution in [3.05, 3.63) is 60.2 Å². The average Bonchev–Trinajstić information content (AvgIpc) is 2.63. The van der Waals surface area contributed by atoms with E-state index in [-0.39, 0.29) is 5.75 Å². The molecule has 0 aliphatic carbocycles. The summed E-state index contributed by atoms with van der Waals surface area (Å²) in [5, 5.41) is 0. The predicted octanol–water partition coefficient (Wildman–Crippen LogP) is 4.34. The Balaban J connectivity index is 1.42. The summed E-state index contributed by atoms with van der Waals surface area (Å²) in [6.07, 6.45) is -2.43. The van der Waals surface area contributed by atoms with Crippen LogP contribution in [0, 0.1) is 0 Å². The van der Waals surface area contributed by atoms with Crippen LogP contribution < -0.4 is 9.64 Å². The Morgan fingerprint density at radius 2 is 1.50 bits per heavy atom. The number of halogens is 3. The first kappa shape index (κ1) is 18.6. The average molecular weight is 364 g/mol. The molecule has 1 aliphatic heterocycles. The fourth-order valence-electron chi connectivity index (χ4n) is 3.24. The first-order chi connectivity index (χ1) is 12.5. The Hall–Kier alpha value is -2.21. The van der Waals surface area contributed by atoms with E-state index in [0.717, 1.165) is 51.3 Å². The number of aryl methyl sites for hydroxylation is 1. The summed E-state index contributed by atoms with van der Waals surface area (Å²) in [5.74, 6) is -0.180. The minimum atomic E-state index is -4.65. The van der Waals surface area contributed by atoms with Crippen molar-refractivity contribution in [3.63, 3.8) is 0 Å². The molecule has 1 saturated heterocycles. The lowest BCUT2D eigenvalue weighted by Crippen LogP contribution is -2.46. The van der Waals surface area contributed by atoms with Crippen molar-refractivity contribution in [1.82, 2.24) is 4.90 Å². The summed E-state index contributed by atoms with van der Waals surface area (Å²) in [4.78, 5) is 4.64. The molecule has 3 nitrogen and oxygen atoms in total. The highest BCUT2D eigenvalue weighted by molar-refractivity contribution is 5.49. The van der Waals surface area contributed by atoms with Gasteiger partial charge >= 0.3 is 6.36 Å². The number of hydrogen-bond acceptors (Lipinski definition) is 3. The second kappa shape index (κ2) is 8.45. The van der Waals surface area contributed by atoms with E-state index in [4.69, 9.17) is 0 Å². The van der Waals surface area contributed by atoms with Gasteiger partial charge in [0.2, 0.25) is 0 Å². The van der Waals surface area contributed by atoms with Gasteiger partial charge in [0.15, 0.2) is 0 Å². The lowest BCUT2D eigenvalue weighted by Gasteiger charge is -2.36. The zero-order chi connectivity index (χ0) is 18.4. The smallest absolute Gasteiger partial charge is 0.406 e. The van der Waals surface area contributed by atoms with Crippen molar-refractivity contribution in [1.29, 1.82) is 0 Å². The standard InChI is InChI=1S/C20H23F3N2O/c21-20(22,23)26-19-10-8-18(9-11-19)25-15-13-24(14-16-25)12-4-7-17-5-2-1-3-6-17/h1-3,5-6,8-11H,4,7,12-16H2. The maximum Gasteiger partial charge on any atom is 0.573 e. The van der Waals surface area contributed by atoms with Crippen LogP contribution in [0.4, 0.5) is 18.9 Å². The molecule has 0 atom stereocenters. The van der Waals surface area contributed by atoms with Crippen LogP contribution in [0.25, 0.3) is 0 Å². The van der Waals surface area contributed by atoms with Crippen LogP contribution in [0.15, 0.2) is 54.6 Å². The highest BCUT2D eigenvalue weighted by Crippen LogP contribution is 2.25. The predicted molar refractivity (Wildman–Crippen MR) is 96.5 cm³/mol. The normalized spacial score (nSPS) is 15.9. The van der Waals surface area contributed by atoms with Gasteiger partial charge in [-0.3, -0.25) is 4.90 Å². The maximum atomic E-state index is 12.2. The summed E-state index contributed by atoms with van der Waals surface area (Å²) in [7, 11) is 0. The van der Waals surface area contributed by atoms with Crippen molar-refractivity contribution in [2.75, 3.05) is 37.6 Å².